The molecule has 18 heavy (non-hydrogen) atoms. The molecule has 0 fully saturated rings. The van der Waals surface area contributed by atoms with E-state index in [1.807, 2.05) is 16.8 Å². The molecule has 0 radical (unpaired) electrons. The van der Waals surface area contributed by atoms with Crippen LogP contribution in [0.5, 0.6) is 11.5 Å². The molecule has 0 spiro atoms. The topological polar surface area (TPSA) is 68.3 Å². The third-order valence-corrected chi connectivity index (χ3v) is 3.18. The number of amidine groups is 1. The monoisotopic (exact) mass is 262 g/mol. The van der Waals surface area contributed by atoms with Gasteiger partial charge in [-0.15, -0.1) is 0 Å². The van der Waals surface area contributed by atoms with Gasteiger partial charge in [-0.3, -0.25) is 5.41 Å². The van der Waals surface area contributed by atoms with Crippen LogP contribution in [0.15, 0.2) is 35.0 Å². The van der Waals surface area contributed by atoms with Crippen molar-refractivity contribution in [1.82, 2.24) is 0 Å². The molecule has 2 rings (SSSR count). The van der Waals surface area contributed by atoms with Crippen molar-refractivity contribution in [3.8, 4) is 11.5 Å². The molecule has 0 aliphatic rings. The lowest BCUT2D eigenvalue weighted by Gasteiger charge is -2.11. The molecule has 0 aliphatic heterocycles. The molecule has 2 aromatic rings. The van der Waals surface area contributed by atoms with Crippen LogP contribution in [0, 0.1) is 5.41 Å². The second-order valence-corrected chi connectivity index (χ2v) is 4.48. The van der Waals surface area contributed by atoms with Gasteiger partial charge >= 0.3 is 0 Å². The third-order valence-electron chi connectivity index (χ3n) is 2.45. The first-order valence-corrected chi connectivity index (χ1v) is 6.31. The van der Waals surface area contributed by atoms with Crippen LogP contribution in [-0.4, -0.2) is 12.9 Å². The fourth-order valence-electron chi connectivity index (χ4n) is 1.49. The zero-order valence-electron chi connectivity index (χ0n) is 9.97. The van der Waals surface area contributed by atoms with Gasteiger partial charge in [0.15, 0.2) is 11.5 Å². The lowest BCUT2D eigenvalue weighted by atomic mass is 10.2. The fraction of sp³-hybridized carbons (Fsp3) is 0.154. The molecule has 0 unspecified atom stereocenters. The number of hydrogen-bond donors (Lipinski definition) is 2. The molecular weight excluding hydrogens is 248 g/mol. The summed E-state index contributed by atoms with van der Waals surface area (Å²) in [5.41, 5.74) is 7.17. The van der Waals surface area contributed by atoms with E-state index in [4.69, 9.17) is 20.6 Å². The van der Waals surface area contributed by atoms with Crippen LogP contribution in [0.25, 0.3) is 0 Å². The van der Waals surface area contributed by atoms with Gasteiger partial charge in [0.2, 0.25) is 0 Å². The minimum atomic E-state index is 0.0117. The van der Waals surface area contributed by atoms with E-state index < -0.39 is 0 Å². The molecule has 0 aliphatic carbocycles. The van der Waals surface area contributed by atoms with Gasteiger partial charge in [-0.2, -0.15) is 11.3 Å². The number of hydrogen-bond acceptors (Lipinski definition) is 4. The molecule has 3 N–H and O–H groups in total. The number of rotatable bonds is 5. The summed E-state index contributed by atoms with van der Waals surface area (Å²) < 4.78 is 10.9. The lowest BCUT2D eigenvalue weighted by molar-refractivity contribution is 0.285. The standard InChI is InChI=1S/C13H14N2O2S/c1-16-12-6-10(13(14)15)2-3-11(12)17-7-9-4-5-18-8-9/h2-6,8H,7H2,1H3,(H3,14,15). The second-order valence-electron chi connectivity index (χ2n) is 3.70. The average molecular weight is 262 g/mol. The van der Waals surface area contributed by atoms with E-state index in [-0.39, 0.29) is 5.84 Å². The largest absolute Gasteiger partial charge is 0.493 e. The fourth-order valence-corrected chi connectivity index (χ4v) is 2.14. The van der Waals surface area contributed by atoms with Gasteiger partial charge in [-0.1, -0.05) is 0 Å². The van der Waals surface area contributed by atoms with E-state index in [0.717, 1.165) is 5.56 Å². The normalized spacial score (nSPS) is 10.1. The Balaban J connectivity index is 2.14. The summed E-state index contributed by atoms with van der Waals surface area (Å²) >= 11 is 1.64. The highest BCUT2D eigenvalue weighted by Crippen LogP contribution is 2.28. The molecule has 0 bridgehead atoms. The average Bonchev–Trinajstić information content (AvgIpc) is 2.89. The van der Waals surface area contributed by atoms with Crippen molar-refractivity contribution >= 4 is 17.2 Å². The molecule has 0 atom stereocenters. The number of thiophene rings is 1. The molecular formula is C13H14N2O2S. The van der Waals surface area contributed by atoms with Crippen molar-refractivity contribution in [3.05, 3.63) is 46.2 Å². The smallest absolute Gasteiger partial charge is 0.161 e. The van der Waals surface area contributed by atoms with Crippen LogP contribution in [0.1, 0.15) is 11.1 Å². The molecule has 0 saturated carbocycles. The van der Waals surface area contributed by atoms with Crippen LogP contribution < -0.4 is 15.2 Å². The molecule has 0 amide bonds. The number of nitrogens with two attached hydrogens (primary N) is 1. The summed E-state index contributed by atoms with van der Waals surface area (Å²) in [5.74, 6) is 1.24. The highest BCUT2D eigenvalue weighted by molar-refractivity contribution is 7.07. The first-order chi connectivity index (χ1) is 8.70. The van der Waals surface area contributed by atoms with E-state index >= 15 is 0 Å². The highest BCUT2D eigenvalue weighted by atomic mass is 32.1. The van der Waals surface area contributed by atoms with Crippen LogP contribution in [0.2, 0.25) is 0 Å². The van der Waals surface area contributed by atoms with Crippen LogP contribution in [-0.2, 0) is 6.61 Å². The predicted octanol–water partition coefficient (Wildman–Crippen LogP) is 2.62. The minimum absolute atomic E-state index is 0.0117. The quantitative estimate of drug-likeness (QED) is 0.643. The maximum absolute atomic E-state index is 7.38. The maximum atomic E-state index is 7.38. The van der Waals surface area contributed by atoms with Crippen LogP contribution in [0.4, 0.5) is 0 Å². The van der Waals surface area contributed by atoms with Gasteiger partial charge in [0.1, 0.15) is 12.4 Å². The van der Waals surface area contributed by atoms with E-state index in [2.05, 4.69) is 0 Å². The number of nitrogens with one attached hydrogen (secondary N) is 1. The second kappa shape index (κ2) is 5.55. The van der Waals surface area contributed by atoms with Gasteiger partial charge < -0.3 is 15.2 Å². The number of ether oxygens (including phenoxy) is 2. The minimum Gasteiger partial charge on any atom is -0.493 e. The summed E-state index contributed by atoms with van der Waals surface area (Å²) in [7, 11) is 1.57. The van der Waals surface area contributed by atoms with Crippen molar-refractivity contribution < 1.29 is 9.47 Å². The van der Waals surface area contributed by atoms with E-state index in [9.17, 15) is 0 Å². The first-order valence-electron chi connectivity index (χ1n) is 5.37. The predicted molar refractivity (Wildman–Crippen MR) is 72.7 cm³/mol. The summed E-state index contributed by atoms with van der Waals surface area (Å²) in [6, 6.07) is 7.22. The Morgan fingerprint density at radius 2 is 2.17 bits per heavy atom. The van der Waals surface area contributed by atoms with E-state index in [1.165, 1.54) is 0 Å². The van der Waals surface area contributed by atoms with Crippen molar-refractivity contribution in [2.45, 2.75) is 6.61 Å². The summed E-state index contributed by atoms with van der Waals surface area (Å²) in [4.78, 5) is 0. The van der Waals surface area contributed by atoms with Gasteiger partial charge in [-0.05, 0) is 40.6 Å². The first kappa shape index (κ1) is 12.4. The molecule has 0 saturated heterocycles. The Labute approximate surface area is 109 Å². The molecule has 94 valence electrons. The molecule has 1 aromatic heterocycles. The summed E-state index contributed by atoms with van der Waals surface area (Å²) in [6.07, 6.45) is 0. The van der Waals surface area contributed by atoms with Gasteiger partial charge in [0, 0.05) is 5.56 Å². The molecule has 1 heterocycles. The van der Waals surface area contributed by atoms with Gasteiger partial charge in [0.25, 0.3) is 0 Å². The SMILES string of the molecule is COc1cc(C(=N)N)ccc1OCc1ccsc1. The molecule has 4 nitrogen and oxygen atoms in total. The Morgan fingerprint density at radius 3 is 2.78 bits per heavy atom. The molecule has 5 heteroatoms. The number of nitrogen functional groups attached to an aromatic ring is 1. The van der Waals surface area contributed by atoms with Crippen LogP contribution >= 0.6 is 11.3 Å². The zero-order valence-corrected chi connectivity index (χ0v) is 10.8. The van der Waals surface area contributed by atoms with E-state index in [0.29, 0.717) is 23.7 Å². The Morgan fingerprint density at radius 1 is 1.33 bits per heavy atom. The van der Waals surface area contributed by atoms with Crippen molar-refractivity contribution in [1.29, 1.82) is 5.41 Å². The third kappa shape index (κ3) is 2.81. The van der Waals surface area contributed by atoms with Crippen LogP contribution in [0.3, 0.4) is 0 Å². The number of methoxy groups -OCH3 is 1. The number of benzene rings is 1. The van der Waals surface area contributed by atoms with E-state index in [1.54, 1.807) is 36.6 Å². The zero-order chi connectivity index (χ0) is 13.0. The van der Waals surface area contributed by atoms with Gasteiger partial charge in [-0.25, -0.2) is 0 Å². The Hall–Kier alpha value is -2.01. The van der Waals surface area contributed by atoms with Crippen molar-refractivity contribution in [3.63, 3.8) is 0 Å². The molecule has 1 aromatic carbocycles. The van der Waals surface area contributed by atoms with Gasteiger partial charge in [0.05, 0.1) is 7.11 Å². The highest BCUT2D eigenvalue weighted by Gasteiger charge is 2.07. The maximum Gasteiger partial charge on any atom is 0.161 e. The van der Waals surface area contributed by atoms with Crippen molar-refractivity contribution in [2.75, 3.05) is 7.11 Å². The Kier molecular flexibility index (Phi) is 3.84. The lowest BCUT2D eigenvalue weighted by Crippen LogP contribution is -2.11. The summed E-state index contributed by atoms with van der Waals surface area (Å²) in [5, 5.41) is 11.4. The Bertz CT molecular complexity index is 538. The van der Waals surface area contributed by atoms with Crippen molar-refractivity contribution in [2.24, 2.45) is 5.73 Å². The summed E-state index contributed by atoms with van der Waals surface area (Å²) in [6.45, 7) is 0.499.